The fourth-order valence-corrected chi connectivity index (χ4v) is 4.40. The SMILES string of the molecule is CCN(C(=O)/C=C(\C)c1ccccc1)C1CCS(=O)(=O)C1. The summed E-state index contributed by atoms with van der Waals surface area (Å²) in [6.45, 7) is 4.30. The van der Waals surface area contributed by atoms with E-state index >= 15 is 0 Å². The first-order valence-corrected chi connectivity index (χ1v) is 9.00. The van der Waals surface area contributed by atoms with Gasteiger partial charge in [0, 0.05) is 18.7 Å². The summed E-state index contributed by atoms with van der Waals surface area (Å²) in [5.74, 6) is 0.161. The van der Waals surface area contributed by atoms with Crippen LogP contribution in [0.25, 0.3) is 5.57 Å². The zero-order chi connectivity index (χ0) is 15.5. The molecule has 0 spiro atoms. The Morgan fingerprint density at radius 2 is 2.00 bits per heavy atom. The molecule has 1 unspecified atom stereocenters. The minimum absolute atomic E-state index is 0.0881. The van der Waals surface area contributed by atoms with Gasteiger partial charge in [0.2, 0.25) is 5.91 Å². The number of benzene rings is 1. The van der Waals surface area contributed by atoms with Gasteiger partial charge in [-0.15, -0.1) is 0 Å². The molecule has 0 aliphatic carbocycles. The first kappa shape index (κ1) is 15.8. The summed E-state index contributed by atoms with van der Waals surface area (Å²) < 4.78 is 23.1. The van der Waals surface area contributed by atoms with Crippen LogP contribution >= 0.6 is 0 Å². The van der Waals surface area contributed by atoms with Crippen LogP contribution in [-0.2, 0) is 14.6 Å². The maximum absolute atomic E-state index is 12.4. The summed E-state index contributed by atoms with van der Waals surface area (Å²) in [4.78, 5) is 14.1. The van der Waals surface area contributed by atoms with Crippen molar-refractivity contribution in [3.8, 4) is 0 Å². The second kappa shape index (κ2) is 6.43. The van der Waals surface area contributed by atoms with Crippen LogP contribution in [0.5, 0.6) is 0 Å². The molecule has 1 aliphatic heterocycles. The topological polar surface area (TPSA) is 54.5 Å². The highest BCUT2D eigenvalue weighted by atomic mass is 32.2. The van der Waals surface area contributed by atoms with Crippen molar-refractivity contribution in [3.63, 3.8) is 0 Å². The Kier molecular flexibility index (Phi) is 4.83. The number of carbonyl (C=O) groups excluding carboxylic acids is 1. The minimum atomic E-state index is -2.98. The van der Waals surface area contributed by atoms with Crippen molar-refractivity contribution >= 4 is 21.3 Å². The van der Waals surface area contributed by atoms with Gasteiger partial charge >= 0.3 is 0 Å². The first-order chi connectivity index (χ1) is 9.93. The fraction of sp³-hybridized carbons (Fsp3) is 0.438. The van der Waals surface area contributed by atoms with Crippen molar-refractivity contribution in [2.75, 3.05) is 18.1 Å². The Morgan fingerprint density at radius 3 is 2.52 bits per heavy atom. The number of nitrogens with zero attached hydrogens (tertiary/aromatic N) is 1. The molecule has 1 amide bonds. The predicted octanol–water partition coefficient (Wildman–Crippen LogP) is 2.13. The van der Waals surface area contributed by atoms with Crippen molar-refractivity contribution in [1.29, 1.82) is 0 Å². The van der Waals surface area contributed by atoms with E-state index in [-0.39, 0.29) is 23.5 Å². The summed E-state index contributed by atoms with van der Waals surface area (Å²) in [5, 5.41) is 0. The molecule has 1 aromatic carbocycles. The highest BCUT2D eigenvalue weighted by Crippen LogP contribution is 2.19. The second-order valence-corrected chi connectivity index (χ2v) is 7.60. The lowest BCUT2D eigenvalue weighted by atomic mass is 10.1. The third-order valence-corrected chi connectivity index (χ3v) is 5.59. The van der Waals surface area contributed by atoms with Crippen molar-refractivity contribution < 1.29 is 13.2 Å². The van der Waals surface area contributed by atoms with Crippen LogP contribution in [0.3, 0.4) is 0 Å². The average Bonchev–Trinajstić information content (AvgIpc) is 2.80. The van der Waals surface area contributed by atoms with Crippen molar-refractivity contribution in [2.24, 2.45) is 0 Å². The normalized spacial score (nSPS) is 21.2. The monoisotopic (exact) mass is 307 g/mol. The van der Waals surface area contributed by atoms with Crippen LogP contribution in [0, 0.1) is 0 Å². The third kappa shape index (κ3) is 3.94. The molecular formula is C16H21NO3S. The largest absolute Gasteiger partial charge is 0.335 e. The van der Waals surface area contributed by atoms with E-state index in [0.717, 1.165) is 11.1 Å². The maximum Gasteiger partial charge on any atom is 0.247 e. The molecule has 2 rings (SSSR count). The number of carbonyl (C=O) groups is 1. The van der Waals surface area contributed by atoms with E-state index in [1.54, 1.807) is 11.0 Å². The van der Waals surface area contributed by atoms with Gasteiger partial charge in [-0.05, 0) is 31.4 Å². The van der Waals surface area contributed by atoms with Gasteiger partial charge in [0.05, 0.1) is 11.5 Å². The predicted molar refractivity (Wildman–Crippen MR) is 84.5 cm³/mol. The Labute approximate surface area is 126 Å². The second-order valence-electron chi connectivity index (χ2n) is 5.37. The average molecular weight is 307 g/mol. The summed E-state index contributed by atoms with van der Waals surface area (Å²) in [5.41, 5.74) is 1.89. The van der Waals surface area contributed by atoms with Crippen LogP contribution in [0.15, 0.2) is 36.4 Å². The smallest absolute Gasteiger partial charge is 0.247 e. The van der Waals surface area contributed by atoms with Crippen molar-refractivity contribution in [3.05, 3.63) is 42.0 Å². The van der Waals surface area contributed by atoms with E-state index in [9.17, 15) is 13.2 Å². The number of rotatable bonds is 4. The summed E-state index contributed by atoms with van der Waals surface area (Å²) >= 11 is 0. The standard InChI is InChI=1S/C16H21NO3S/c1-3-17(15-9-10-21(19,20)12-15)16(18)11-13(2)14-7-5-4-6-8-14/h4-8,11,15H,3,9-10,12H2,1-2H3/b13-11+. The van der Waals surface area contributed by atoms with Crippen LogP contribution in [-0.4, -0.2) is 43.3 Å². The maximum atomic E-state index is 12.4. The molecule has 0 bridgehead atoms. The summed E-state index contributed by atoms with van der Waals surface area (Å²) in [7, 11) is -2.98. The Balaban J connectivity index is 2.14. The summed E-state index contributed by atoms with van der Waals surface area (Å²) in [6, 6.07) is 9.51. The van der Waals surface area contributed by atoms with Gasteiger partial charge in [0.15, 0.2) is 9.84 Å². The van der Waals surface area contributed by atoms with E-state index in [1.165, 1.54) is 0 Å². The molecule has 1 saturated heterocycles. The van der Waals surface area contributed by atoms with Gasteiger partial charge in [-0.1, -0.05) is 30.3 Å². The molecule has 1 aromatic rings. The van der Waals surface area contributed by atoms with Crippen molar-refractivity contribution in [2.45, 2.75) is 26.3 Å². The number of sulfone groups is 1. The number of hydrogen-bond acceptors (Lipinski definition) is 3. The number of amides is 1. The van der Waals surface area contributed by atoms with E-state index in [0.29, 0.717) is 13.0 Å². The molecule has 4 nitrogen and oxygen atoms in total. The lowest BCUT2D eigenvalue weighted by Crippen LogP contribution is -2.40. The van der Waals surface area contributed by atoms with E-state index in [4.69, 9.17) is 0 Å². The molecule has 1 atom stereocenters. The molecule has 114 valence electrons. The van der Waals surface area contributed by atoms with Gasteiger partial charge in [0.25, 0.3) is 0 Å². The van der Waals surface area contributed by atoms with Crippen LogP contribution in [0.4, 0.5) is 0 Å². The Hall–Kier alpha value is -1.62. The molecule has 1 aliphatic rings. The van der Waals surface area contributed by atoms with Gasteiger partial charge in [-0.3, -0.25) is 4.79 Å². The molecule has 0 radical (unpaired) electrons. The van der Waals surface area contributed by atoms with E-state index < -0.39 is 9.84 Å². The van der Waals surface area contributed by atoms with Crippen LogP contribution < -0.4 is 0 Å². The lowest BCUT2D eigenvalue weighted by molar-refractivity contribution is -0.127. The van der Waals surface area contributed by atoms with Gasteiger partial charge in [-0.2, -0.15) is 0 Å². The van der Waals surface area contributed by atoms with E-state index in [1.807, 2.05) is 44.2 Å². The molecule has 21 heavy (non-hydrogen) atoms. The molecule has 5 heteroatoms. The number of likely N-dealkylation sites (N-methyl/N-ethyl adjacent to an activating group) is 1. The third-order valence-electron chi connectivity index (χ3n) is 3.84. The Bertz CT molecular complexity index is 635. The quantitative estimate of drug-likeness (QED) is 0.801. The summed E-state index contributed by atoms with van der Waals surface area (Å²) in [6.07, 6.45) is 2.14. The van der Waals surface area contributed by atoms with Crippen LogP contribution in [0.2, 0.25) is 0 Å². The molecule has 1 heterocycles. The van der Waals surface area contributed by atoms with E-state index in [2.05, 4.69) is 0 Å². The molecule has 0 aromatic heterocycles. The lowest BCUT2D eigenvalue weighted by Gasteiger charge is -2.25. The van der Waals surface area contributed by atoms with Gasteiger partial charge in [0.1, 0.15) is 0 Å². The highest BCUT2D eigenvalue weighted by molar-refractivity contribution is 7.91. The molecule has 0 N–H and O–H groups in total. The molecule has 1 fully saturated rings. The van der Waals surface area contributed by atoms with Gasteiger partial charge in [-0.25, -0.2) is 8.42 Å². The van der Waals surface area contributed by atoms with Crippen LogP contribution in [0.1, 0.15) is 25.8 Å². The number of hydrogen-bond donors (Lipinski definition) is 0. The first-order valence-electron chi connectivity index (χ1n) is 7.17. The molecule has 0 saturated carbocycles. The Morgan fingerprint density at radius 1 is 1.33 bits per heavy atom. The highest BCUT2D eigenvalue weighted by Gasteiger charge is 2.33. The molecular weight excluding hydrogens is 286 g/mol. The number of allylic oxidation sites excluding steroid dienone is 1. The zero-order valence-electron chi connectivity index (χ0n) is 12.5. The minimum Gasteiger partial charge on any atom is -0.335 e. The fourth-order valence-electron chi connectivity index (χ4n) is 2.67. The zero-order valence-corrected chi connectivity index (χ0v) is 13.3. The van der Waals surface area contributed by atoms with Gasteiger partial charge < -0.3 is 4.90 Å². The van der Waals surface area contributed by atoms with Crippen molar-refractivity contribution in [1.82, 2.24) is 4.90 Å².